The highest BCUT2D eigenvalue weighted by Gasteiger charge is 2.36. The maximum Gasteiger partial charge on any atom is 0.335 e. The molecule has 0 radical (unpaired) electrons. The first kappa shape index (κ1) is 19.6. The quantitative estimate of drug-likeness (QED) is 0.620. The summed E-state index contributed by atoms with van der Waals surface area (Å²) in [6.07, 6.45) is 3.34. The molecule has 1 N–H and O–H groups in total. The Morgan fingerprint density at radius 2 is 1.73 bits per heavy atom. The van der Waals surface area contributed by atoms with Crippen LogP contribution in [-0.2, 0) is 9.59 Å². The number of imide groups is 2. The first-order chi connectivity index (χ1) is 14.5. The van der Waals surface area contributed by atoms with Gasteiger partial charge in [-0.15, -0.1) is 0 Å². The average Bonchev–Trinajstić information content (AvgIpc) is 3.26. The standard InChI is InChI=1S/C22H20FN3O4/c1-30-16-7-5-15(6-8-16)26-21(28)17(20(27)24-22(26)29)12-14-4-9-19(18(23)13-14)25-10-2-3-11-25/h4-9,12-13H,2-3,10-11H2,1H3,(H,24,27,29)/b17-12+. The van der Waals surface area contributed by atoms with Crippen LogP contribution in [0.3, 0.4) is 0 Å². The van der Waals surface area contributed by atoms with Gasteiger partial charge in [0, 0.05) is 13.1 Å². The maximum atomic E-state index is 14.6. The molecule has 2 aromatic rings. The molecule has 0 aromatic heterocycles. The van der Waals surface area contributed by atoms with Crippen molar-refractivity contribution in [1.29, 1.82) is 0 Å². The normalized spacial score (nSPS) is 18.2. The number of nitrogens with zero attached hydrogens (tertiary/aromatic N) is 2. The lowest BCUT2D eigenvalue weighted by atomic mass is 10.1. The molecule has 0 spiro atoms. The average molecular weight is 409 g/mol. The van der Waals surface area contributed by atoms with Crippen LogP contribution in [0.2, 0.25) is 0 Å². The summed E-state index contributed by atoms with van der Waals surface area (Å²) in [4.78, 5) is 40.3. The third-order valence-electron chi connectivity index (χ3n) is 5.16. The topological polar surface area (TPSA) is 79.0 Å². The fourth-order valence-corrected chi connectivity index (χ4v) is 3.62. The van der Waals surface area contributed by atoms with Crippen molar-refractivity contribution < 1.29 is 23.5 Å². The molecule has 2 heterocycles. The largest absolute Gasteiger partial charge is 0.497 e. The van der Waals surface area contributed by atoms with E-state index in [2.05, 4.69) is 5.32 Å². The van der Waals surface area contributed by atoms with Gasteiger partial charge >= 0.3 is 6.03 Å². The molecule has 2 aliphatic heterocycles. The second kappa shape index (κ2) is 7.98. The zero-order valence-electron chi connectivity index (χ0n) is 16.4. The molecular weight excluding hydrogens is 389 g/mol. The van der Waals surface area contributed by atoms with Crippen molar-refractivity contribution in [2.75, 3.05) is 30.0 Å². The van der Waals surface area contributed by atoms with Crippen LogP contribution < -0.4 is 19.9 Å². The van der Waals surface area contributed by atoms with Crippen molar-refractivity contribution >= 4 is 35.3 Å². The number of barbiturate groups is 1. The fraction of sp³-hybridized carbons (Fsp3) is 0.227. The van der Waals surface area contributed by atoms with Gasteiger partial charge in [-0.25, -0.2) is 14.1 Å². The number of halogens is 1. The van der Waals surface area contributed by atoms with Crippen LogP contribution in [0.25, 0.3) is 6.08 Å². The lowest BCUT2D eigenvalue weighted by molar-refractivity contribution is -0.122. The van der Waals surface area contributed by atoms with Crippen molar-refractivity contribution in [2.24, 2.45) is 0 Å². The summed E-state index contributed by atoms with van der Waals surface area (Å²) in [7, 11) is 1.50. The number of methoxy groups -OCH3 is 1. The number of nitrogens with one attached hydrogen (secondary N) is 1. The summed E-state index contributed by atoms with van der Waals surface area (Å²) < 4.78 is 19.7. The van der Waals surface area contributed by atoms with E-state index in [9.17, 15) is 18.8 Å². The zero-order chi connectivity index (χ0) is 21.3. The number of hydrogen-bond donors (Lipinski definition) is 1. The SMILES string of the molecule is COc1ccc(N2C(=O)NC(=O)/C(=C\c3ccc(N4CCCC4)c(F)c3)C2=O)cc1. The Balaban J connectivity index is 1.64. The fourth-order valence-electron chi connectivity index (χ4n) is 3.62. The van der Waals surface area contributed by atoms with Gasteiger partial charge in [-0.1, -0.05) is 6.07 Å². The van der Waals surface area contributed by atoms with Gasteiger partial charge in [0.25, 0.3) is 11.8 Å². The van der Waals surface area contributed by atoms with E-state index in [0.717, 1.165) is 30.8 Å². The Morgan fingerprint density at radius 1 is 1.03 bits per heavy atom. The smallest absolute Gasteiger partial charge is 0.335 e. The van der Waals surface area contributed by atoms with Gasteiger partial charge in [-0.2, -0.15) is 0 Å². The minimum atomic E-state index is -0.845. The summed E-state index contributed by atoms with van der Waals surface area (Å²) >= 11 is 0. The van der Waals surface area contributed by atoms with E-state index in [4.69, 9.17) is 4.74 Å². The summed E-state index contributed by atoms with van der Waals surface area (Å²) in [5, 5.41) is 2.15. The van der Waals surface area contributed by atoms with Crippen LogP contribution in [0, 0.1) is 5.82 Å². The summed E-state index contributed by atoms with van der Waals surface area (Å²) in [5.74, 6) is -1.46. The Labute approximate surface area is 172 Å². The second-order valence-corrected chi connectivity index (χ2v) is 7.06. The molecular formula is C22H20FN3O4. The van der Waals surface area contributed by atoms with E-state index < -0.39 is 23.7 Å². The van der Waals surface area contributed by atoms with Crippen LogP contribution in [0.1, 0.15) is 18.4 Å². The monoisotopic (exact) mass is 409 g/mol. The first-order valence-corrected chi connectivity index (χ1v) is 9.58. The molecule has 4 amide bonds. The zero-order valence-corrected chi connectivity index (χ0v) is 16.4. The number of rotatable bonds is 4. The third kappa shape index (κ3) is 3.63. The molecule has 0 unspecified atom stereocenters. The van der Waals surface area contributed by atoms with E-state index in [1.165, 1.54) is 31.4 Å². The molecule has 0 atom stereocenters. The van der Waals surface area contributed by atoms with E-state index in [1.807, 2.05) is 4.90 Å². The van der Waals surface area contributed by atoms with Gasteiger partial charge in [0.15, 0.2) is 0 Å². The van der Waals surface area contributed by atoms with Crippen molar-refractivity contribution in [2.45, 2.75) is 12.8 Å². The van der Waals surface area contributed by atoms with Gasteiger partial charge < -0.3 is 9.64 Å². The molecule has 4 rings (SSSR count). The molecule has 2 aromatic carbocycles. The second-order valence-electron chi connectivity index (χ2n) is 7.06. The number of carbonyl (C=O) groups is 3. The predicted molar refractivity (Wildman–Crippen MR) is 110 cm³/mol. The number of anilines is 2. The maximum absolute atomic E-state index is 14.6. The van der Waals surface area contributed by atoms with Gasteiger partial charge in [0.1, 0.15) is 17.1 Å². The highest BCUT2D eigenvalue weighted by molar-refractivity contribution is 6.39. The van der Waals surface area contributed by atoms with E-state index in [1.54, 1.807) is 24.3 Å². The minimum Gasteiger partial charge on any atom is -0.497 e. The number of amides is 4. The van der Waals surface area contributed by atoms with E-state index in [0.29, 0.717) is 17.0 Å². The Kier molecular flexibility index (Phi) is 5.22. The third-order valence-corrected chi connectivity index (χ3v) is 5.16. The first-order valence-electron chi connectivity index (χ1n) is 9.58. The Morgan fingerprint density at radius 3 is 2.37 bits per heavy atom. The number of benzene rings is 2. The highest BCUT2D eigenvalue weighted by atomic mass is 19.1. The van der Waals surface area contributed by atoms with Crippen LogP contribution in [0.5, 0.6) is 5.75 Å². The lowest BCUT2D eigenvalue weighted by Crippen LogP contribution is -2.54. The van der Waals surface area contributed by atoms with Crippen LogP contribution in [0.4, 0.5) is 20.6 Å². The number of urea groups is 1. The molecule has 2 fully saturated rings. The van der Waals surface area contributed by atoms with Crippen LogP contribution >= 0.6 is 0 Å². The van der Waals surface area contributed by atoms with Gasteiger partial charge in [0.05, 0.1) is 18.5 Å². The predicted octanol–water partition coefficient (Wildman–Crippen LogP) is 3.10. The Bertz CT molecular complexity index is 1040. The molecule has 30 heavy (non-hydrogen) atoms. The molecule has 7 nitrogen and oxygen atoms in total. The van der Waals surface area contributed by atoms with Crippen LogP contribution in [-0.4, -0.2) is 38.0 Å². The van der Waals surface area contributed by atoms with Crippen molar-refractivity contribution in [1.82, 2.24) is 5.32 Å². The minimum absolute atomic E-state index is 0.251. The van der Waals surface area contributed by atoms with E-state index in [-0.39, 0.29) is 11.3 Å². The number of hydrogen-bond acceptors (Lipinski definition) is 5. The van der Waals surface area contributed by atoms with Crippen molar-refractivity contribution in [3.05, 3.63) is 59.4 Å². The molecule has 2 saturated heterocycles. The van der Waals surface area contributed by atoms with Gasteiger partial charge in [-0.05, 0) is 60.9 Å². The van der Waals surface area contributed by atoms with Crippen molar-refractivity contribution in [3.8, 4) is 5.75 Å². The number of ether oxygens (including phenoxy) is 1. The summed E-state index contributed by atoms with van der Waals surface area (Å²) in [5.41, 5.74) is 0.896. The molecule has 0 saturated carbocycles. The van der Waals surface area contributed by atoms with Gasteiger partial charge in [-0.3, -0.25) is 14.9 Å². The molecule has 154 valence electrons. The summed E-state index contributed by atoms with van der Waals surface area (Å²) in [6.45, 7) is 1.61. The lowest BCUT2D eigenvalue weighted by Gasteiger charge is -2.26. The van der Waals surface area contributed by atoms with E-state index >= 15 is 0 Å². The van der Waals surface area contributed by atoms with Gasteiger partial charge in [0.2, 0.25) is 0 Å². The molecule has 0 bridgehead atoms. The number of carbonyl (C=O) groups excluding carboxylic acids is 3. The van der Waals surface area contributed by atoms with Crippen LogP contribution in [0.15, 0.2) is 48.0 Å². The molecule has 2 aliphatic rings. The molecule has 8 heteroatoms. The molecule has 0 aliphatic carbocycles. The summed E-state index contributed by atoms with van der Waals surface area (Å²) in [6, 6.07) is 10.0. The Hall–Kier alpha value is -3.68. The van der Waals surface area contributed by atoms with Crippen molar-refractivity contribution in [3.63, 3.8) is 0 Å². The highest BCUT2D eigenvalue weighted by Crippen LogP contribution is 2.27.